The van der Waals surface area contributed by atoms with Crippen LogP contribution in [-0.2, 0) is 15.4 Å². The largest absolute Gasteiger partial charge is 0.339 e. The van der Waals surface area contributed by atoms with E-state index in [1.807, 2.05) is 12.1 Å². The molecule has 1 N–H and O–H groups in total. The topological polar surface area (TPSA) is 87.5 Å². The molecule has 4 unspecified atom stereocenters. The van der Waals surface area contributed by atoms with Crippen molar-refractivity contribution in [3.05, 3.63) is 95.3 Å². The molecule has 1 spiro atoms. The smallest absolute Gasteiger partial charge is 0.253 e. The van der Waals surface area contributed by atoms with E-state index in [4.69, 9.17) is 4.98 Å². The number of hydrogen-bond acceptors (Lipinski definition) is 5. The summed E-state index contributed by atoms with van der Waals surface area (Å²) in [7, 11) is -3.66. The number of aryl methyl sites for hydroxylation is 1. The van der Waals surface area contributed by atoms with Crippen molar-refractivity contribution >= 4 is 32.7 Å². The molecule has 11 heteroatoms. The Kier molecular flexibility index (Phi) is 7.45. The molecule has 3 aromatic carbocycles. The molecule has 4 atom stereocenters. The molecular formula is C37H41F2N5O3S. The van der Waals surface area contributed by atoms with Gasteiger partial charge in [0.25, 0.3) is 5.91 Å². The molecule has 1 amide bonds. The van der Waals surface area contributed by atoms with Crippen molar-refractivity contribution < 1.29 is 22.0 Å². The van der Waals surface area contributed by atoms with E-state index in [0.717, 1.165) is 48.6 Å². The summed E-state index contributed by atoms with van der Waals surface area (Å²) in [5, 5.41) is 0. The number of likely N-dealkylation sites (tertiary alicyclic amines) is 2. The molecule has 48 heavy (non-hydrogen) atoms. The molecular weight excluding hydrogens is 633 g/mol. The molecule has 3 heterocycles. The molecule has 0 bridgehead atoms. The summed E-state index contributed by atoms with van der Waals surface area (Å²) in [6, 6.07) is 20.7. The highest BCUT2D eigenvalue weighted by molar-refractivity contribution is 7.92. The first-order chi connectivity index (χ1) is 23.0. The maximum absolute atomic E-state index is 14.7. The maximum Gasteiger partial charge on any atom is 0.253 e. The number of carbonyl (C=O) groups excluding carboxylic acids is 1. The van der Waals surface area contributed by atoms with Crippen molar-refractivity contribution in [2.24, 2.45) is 5.41 Å². The molecule has 1 aromatic heterocycles. The van der Waals surface area contributed by atoms with Crippen LogP contribution in [0.1, 0.15) is 72.7 Å². The van der Waals surface area contributed by atoms with Gasteiger partial charge in [-0.05, 0) is 112 Å². The van der Waals surface area contributed by atoms with Crippen LogP contribution in [0.2, 0.25) is 0 Å². The van der Waals surface area contributed by atoms with Gasteiger partial charge in [0.15, 0.2) is 0 Å². The van der Waals surface area contributed by atoms with Crippen LogP contribution >= 0.6 is 0 Å². The molecule has 8 nitrogen and oxygen atoms in total. The third-order valence-corrected chi connectivity index (χ3v) is 12.7. The van der Waals surface area contributed by atoms with Crippen LogP contribution in [0, 0.1) is 24.0 Å². The Morgan fingerprint density at radius 3 is 2.50 bits per heavy atom. The van der Waals surface area contributed by atoms with Gasteiger partial charge >= 0.3 is 0 Å². The van der Waals surface area contributed by atoms with Crippen LogP contribution in [0.4, 0.5) is 14.5 Å². The van der Waals surface area contributed by atoms with Crippen molar-refractivity contribution in [1.82, 2.24) is 19.4 Å². The van der Waals surface area contributed by atoms with Gasteiger partial charge in [-0.15, -0.1) is 0 Å². The van der Waals surface area contributed by atoms with Gasteiger partial charge in [0.05, 0.1) is 23.0 Å². The zero-order chi connectivity index (χ0) is 33.4. The summed E-state index contributed by atoms with van der Waals surface area (Å²) >= 11 is 0. The Hall–Kier alpha value is -3.83. The number of aromatic nitrogens is 2. The van der Waals surface area contributed by atoms with Crippen molar-refractivity contribution in [1.29, 1.82) is 0 Å². The van der Waals surface area contributed by atoms with Crippen LogP contribution in [0.15, 0.2) is 66.7 Å². The third-order valence-electron chi connectivity index (χ3n) is 12.1. The number of nitrogens with one attached hydrogen (secondary N) is 1. The SMILES string of the molecule is Cc1nc2ccccc2n1C1CC2N(CCC3(c4cccc(F)c4)CCN(C(=O)c4ccc(NS(C)(=O)=O)c(F)c4)CC3)C3CCC32C1. The first kappa shape index (κ1) is 31.4. The highest BCUT2D eigenvalue weighted by Crippen LogP contribution is 2.68. The second-order valence-corrected chi connectivity index (χ2v) is 16.3. The lowest BCUT2D eigenvalue weighted by Gasteiger charge is -2.69. The number of hydrogen-bond donors (Lipinski definition) is 1. The number of benzene rings is 3. The number of rotatable bonds is 8. The molecule has 2 saturated carbocycles. The van der Waals surface area contributed by atoms with Crippen LogP contribution in [0.25, 0.3) is 11.0 Å². The zero-order valence-electron chi connectivity index (χ0n) is 27.3. The van der Waals surface area contributed by atoms with Crippen LogP contribution in [0.3, 0.4) is 0 Å². The average Bonchev–Trinajstić information content (AvgIpc) is 3.59. The predicted octanol–water partition coefficient (Wildman–Crippen LogP) is 6.43. The van der Waals surface area contributed by atoms with Crippen LogP contribution < -0.4 is 4.72 Å². The fourth-order valence-corrected chi connectivity index (χ4v) is 10.3. The molecule has 4 fully saturated rings. The third kappa shape index (κ3) is 5.12. The predicted molar refractivity (Wildman–Crippen MR) is 181 cm³/mol. The first-order valence-corrected chi connectivity index (χ1v) is 18.9. The Balaban J connectivity index is 0.985. The second-order valence-electron chi connectivity index (χ2n) is 14.6. The van der Waals surface area contributed by atoms with Crippen molar-refractivity contribution in [3.8, 4) is 0 Å². The van der Waals surface area contributed by atoms with Gasteiger partial charge in [0.2, 0.25) is 10.0 Å². The normalized spacial score (nSPS) is 26.4. The number of carbonyl (C=O) groups is 1. The van der Waals surface area contributed by atoms with Gasteiger partial charge in [0, 0.05) is 42.2 Å². The van der Waals surface area contributed by atoms with E-state index >= 15 is 0 Å². The van der Waals surface area contributed by atoms with Gasteiger partial charge in [-0.1, -0.05) is 24.3 Å². The minimum atomic E-state index is -3.66. The molecule has 4 aliphatic rings. The summed E-state index contributed by atoms with van der Waals surface area (Å²) in [6.07, 6.45) is 7.98. The number of fused-ring (bicyclic) bond motifs is 1. The molecule has 252 valence electrons. The highest BCUT2D eigenvalue weighted by atomic mass is 32.2. The fraction of sp³-hybridized carbons (Fsp3) is 0.459. The quantitative estimate of drug-likeness (QED) is 0.233. The second kappa shape index (κ2) is 11.4. The van der Waals surface area contributed by atoms with Crippen LogP contribution in [0.5, 0.6) is 0 Å². The van der Waals surface area contributed by atoms with Gasteiger partial charge in [0.1, 0.15) is 17.5 Å². The number of para-hydroxylation sites is 2. The summed E-state index contributed by atoms with van der Waals surface area (Å²) < 4.78 is 57.1. The van der Waals surface area contributed by atoms with Gasteiger partial charge < -0.3 is 9.47 Å². The number of piperidine rings is 2. The lowest BCUT2D eigenvalue weighted by atomic mass is 9.53. The van der Waals surface area contributed by atoms with E-state index in [1.165, 1.54) is 43.0 Å². The first-order valence-electron chi connectivity index (χ1n) is 17.0. The lowest BCUT2D eigenvalue weighted by molar-refractivity contribution is -0.190. The standard InChI is InChI=1S/C37H41F2N5O3S/c1-24-40-31-8-3-4-9-32(31)44(24)28-22-34-37(23-28)13-12-33(37)43(34)19-16-36(26-6-5-7-27(38)21-26)14-17-42(18-15-36)35(45)25-10-11-30(29(39)20-25)41-48(2,46)47/h3-11,20-21,28,33-34,41H,12-19,22-23H2,1-2H3. The Morgan fingerprint density at radius 2 is 1.79 bits per heavy atom. The zero-order valence-corrected chi connectivity index (χ0v) is 28.1. The molecule has 8 rings (SSSR count). The fourth-order valence-electron chi connectivity index (χ4n) is 9.75. The number of amides is 1. The molecule has 4 aromatic rings. The number of sulfonamides is 1. The monoisotopic (exact) mass is 673 g/mol. The van der Waals surface area contributed by atoms with Crippen molar-refractivity contribution in [2.75, 3.05) is 30.6 Å². The molecule has 2 saturated heterocycles. The van der Waals surface area contributed by atoms with Gasteiger partial charge in [-0.3, -0.25) is 14.4 Å². The summed E-state index contributed by atoms with van der Waals surface area (Å²) in [4.78, 5) is 22.8. The van der Waals surface area contributed by atoms with Gasteiger partial charge in [-0.25, -0.2) is 22.2 Å². The summed E-state index contributed by atoms with van der Waals surface area (Å²) in [6.45, 7) is 3.98. The molecule has 0 radical (unpaired) electrons. The Morgan fingerprint density at radius 1 is 1.00 bits per heavy atom. The Labute approximate surface area is 280 Å². The number of anilines is 1. The van der Waals surface area contributed by atoms with E-state index in [9.17, 15) is 22.0 Å². The minimum Gasteiger partial charge on any atom is -0.339 e. The average molecular weight is 674 g/mol. The highest BCUT2D eigenvalue weighted by Gasteiger charge is 2.69. The molecule has 2 aliphatic carbocycles. The maximum atomic E-state index is 14.7. The lowest BCUT2D eigenvalue weighted by Crippen LogP contribution is -2.74. The van der Waals surface area contributed by atoms with E-state index in [-0.39, 0.29) is 28.4 Å². The van der Waals surface area contributed by atoms with E-state index in [1.54, 1.807) is 17.0 Å². The van der Waals surface area contributed by atoms with E-state index in [0.29, 0.717) is 49.5 Å². The van der Waals surface area contributed by atoms with Crippen molar-refractivity contribution in [3.63, 3.8) is 0 Å². The van der Waals surface area contributed by atoms with Crippen LogP contribution in [-0.4, -0.2) is 71.6 Å². The summed E-state index contributed by atoms with van der Waals surface area (Å²) in [5.74, 6) is -0.275. The van der Waals surface area contributed by atoms with E-state index < -0.39 is 15.8 Å². The van der Waals surface area contributed by atoms with Gasteiger partial charge in [-0.2, -0.15) is 0 Å². The van der Waals surface area contributed by atoms with E-state index in [2.05, 4.69) is 39.3 Å². The number of imidazole rings is 1. The molecule has 2 aliphatic heterocycles. The van der Waals surface area contributed by atoms with Crippen molar-refractivity contribution in [2.45, 2.75) is 75.4 Å². The Bertz CT molecular complexity index is 2020. The number of halogens is 2. The summed E-state index contributed by atoms with van der Waals surface area (Å²) in [5.41, 5.74) is 3.32. The number of nitrogens with zero attached hydrogens (tertiary/aromatic N) is 4. The minimum absolute atomic E-state index is 0.170.